The van der Waals surface area contributed by atoms with Gasteiger partial charge in [-0.25, -0.2) is 0 Å². The number of ether oxygens (including phenoxy) is 3. The first kappa shape index (κ1) is 13.0. The van der Waals surface area contributed by atoms with E-state index in [1.165, 1.54) is 0 Å². The zero-order chi connectivity index (χ0) is 13.1. The topological polar surface area (TPSA) is 65.7 Å². The highest BCUT2D eigenvalue weighted by molar-refractivity contribution is 5.54. The molecule has 0 radical (unpaired) electrons. The van der Waals surface area contributed by atoms with Gasteiger partial charge in [0.15, 0.2) is 11.5 Å². The van der Waals surface area contributed by atoms with E-state index in [9.17, 15) is 0 Å². The summed E-state index contributed by atoms with van der Waals surface area (Å²) in [5, 5.41) is 3.29. The first-order valence-electron chi connectivity index (χ1n) is 5.97. The molecule has 5 heteroatoms. The molecule has 18 heavy (non-hydrogen) atoms. The maximum atomic E-state index is 6.09. The first-order valence-corrected chi connectivity index (χ1v) is 5.97. The van der Waals surface area contributed by atoms with Crippen LogP contribution in [0.15, 0.2) is 12.1 Å². The van der Waals surface area contributed by atoms with Gasteiger partial charge in [0.05, 0.1) is 21.3 Å². The van der Waals surface area contributed by atoms with E-state index in [2.05, 4.69) is 5.32 Å². The Labute approximate surface area is 107 Å². The van der Waals surface area contributed by atoms with Crippen LogP contribution in [-0.2, 0) is 0 Å². The van der Waals surface area contributed by atoms with Crippen LogP contribution in [0.1, 0.15) is 11.5 Å². The minimum absolute atomic E-state index is 0.118. The Morgan fingerprint density at radius 2 is 1.67 bits per heavy atom. The molecule has 1 aliphatic heterocycles. The van der Waals surface area contributed by atoms with E-state index in [1.54, 1.807) is 21.3 Å². The molecule has 0 saturated carbocycles. The lowest BCUT2D eigenvalue weighted by atomic mass is 9.94. The molecule has 1 saturated heterocycles. The molecule has 2 atom stereocenters. The summed E-state index contributed by atoms with van der Waals surface area (Å²) >= 11 is 0. The summed E-state index contributed by atoms with van der Waals surface area (Å²) in [7, 11) is 4.84. The molecule has 1 aliphatic rings. The van der Waals surface area contributed by atoms with Gasteiger partial charge < -0.3 is 25.3 Å². The van der Waals surface area contributed by atoms with Crippen molar-refractivity contribution < 1.29 is 14.2 Å². The summed E-state index contributed by atoms with van der Waals surface area (Å²) in [5.74, 6) is 2.24. The normalized spacial score (nSPS) is 22.9. The van der Waals surface area contributed by atoms with Gasteiger partial charge >= 0.3 is 0 Å². The minimum atomic E-state index is 0.118. The molecule has 1 aromatic rings. The van der Waals surface area contributed by atoms with Crippen LogP contribution in [-0.4, -0.2) is 40.5 Å². The molecule has 1 heterocycles. The molecule has 1 aromatic carbocycles. The smallest absolute Gasteiger partial charge is 0.203 e. The van der Waals surface area contributed by atoms with Crippen LogP contribution < -0.4 is 25.3 Å². The molecule has 0 aromatic heterocycles. The molecule has 0 spiro atoms. The summed E-state index contributed by atoms with van der Waals surface area (Å²) in [4.78, 5) is 0. The van der Waals surface area contributed by atoms with Crippen molar-refractivity contribution in [3.05, 3.63) is 17.7 Å². The average molecular weight is 252 g/mol. The van der Waals surface area contributed by atoms with E-state index in [4.69, 9.17) is 19.9 Å². The van der Waals surface area contributed by atoms with Gasteiger partial charge in [-0.05, 0) is 17.7 Å². The van der Waals surface area contributed by atoms with E-state index < -0.39 is 0 Å². The number of hydrogen-bond donors (Lipinski definition) is 2. The van der Waals surface area contributed by atoms with Gasteiger partial charge in [0.2, 0.25) is 5.75 Å². The second kappa shape index (κ2) is 5.46. The highest BCUT2D eigenvalue weighted by Gasteiger charge is 2.27. The second-order valence-corrected chi connectivity index (χ2v) is 4.39. The Morgan fingerprint density at radius 3 is 2.06 bits per heavy atom. The zero-order valence-corrected chi connectivity index (χ0v) is 11.0. The fraction of sp³-hybridized carbons (Fsp3) is 0.538. The van der Waals surface area contributed by atoms with Crippen molar-refractivity contribution in [3.8, 4) is 17.2 Å². The lowest BCUT2D eigenvalue weighted by molar-refractivity contribution is 0.323. The predicted molar refractivity (Wildman–Crippen MR) is 69.7 cm³/mol. The highest BCUT2D eigenvalue weighted by Crippen LogP contribution is 2.40. The number of nitrogens with one attached hydrogen (secondary N) is 1. The molecule has 2 unspecified atom stereocenters. The molecule has 2 rings (SSSR count). The number of methoxy groups -OCH3 is 3. The molecular weight excluding hydrogens is 232 g/mol. The SMILES string of the molecule is COc1cc(C2CNCC2N)cc(OC)c1OC. The van der Waals surface area contributed by atoms with E-state index in [0.29, 0.717) is 17.2 Å². The van der Waals surface area contributed by atoms with Crippen molar-refractivity contribution in [1.29, 1.82) is 0 Å². The van der Waals surface area contributed by atoms with E-state index in [1.807, 2.05) is 12.1 Å². The molecule has 0 bridgehead atoms. The van der Waals surface area contributed by atoms with Gasteiger partial charge in [-0.3, -0.25) is 0 Å². The van der Waals surface area contributed by atoms with Crippen molar-refractivity contribution >= 4 is 0 Å². The van der Waals surface area contributed by atoms with E-state index >= 15 is 0 Å². The van der Waals surface area contributed by atoms with Gasteiger partial charge in [0, 0.05) is 25.0 Å². The van der Waals surface area contributed by atoms with E-state index in [0.717, 1.165) is 18.7 Å². The van der Waals surface area contributed by atoms with Gasteiger partial charge in [-0.15, -0.1) is 0 Å². The van der Waals surface area contributed by atoms with Gasteiger partial charge in [-0.1, -0.05) is 0 Å². The first-order chi connectivity index (χ1) is 8.71. The summed E-state index contributed by atoms with van der Waals surface area (Å²) in [6, 6.07) is 4.06. The lowest BCUT2D eigenvalue weighted by Gasteiger charge is -2.19. The van der Waals surface area contributed by atoms with Crippen LogP contribution >= 0.6 is 0 Å². The molecular formula is C13H20N2O3. The van der Waals surface area contributed by atoms with Crippen molar-refractivity contribution in [3.63, 3.8) is 0 Å². The van der Waals surface area contributed by atoms with Gasteiger partial charge in [-0.2, -0.15) is 0 Å². The lowest BCUT2D eigenvalue weighted by Crippen LogP contribution is -2.27. The Bertz CT molecular complexity index is 398. The number of hydrogen-bond acceptors (Lipinski definition) is 5. The Hall–Kier alpha value is -1.46. The second-order valence-electron chi connectivity index (χ2n) is 4.39. The highest BCUT2D eigenvalue weighted by atomic mass is 16.5. The Balaban J connectivity index is 2.42. The molecule has 5 nitrogen and oxygen atoms in total. The van der Waals surface area contributed by atoms with Crippen LogP contribution in [0.2, 0.25) is 0 Å². The number of benzene rings is 1. The van der Waals surface area contributed by atoms with Crippen LogP contribution in [0.5, 0.6) is 17.2 Å². The molecule has 1 fully saturated rings. The van der Waals surface area contributed by atoms with Crippen LogP contribution in [0, 0.1) is 0 Å². The van der Waals surface area contributed by atoms with Crippen molar-refractivity contribution in [2.24, 2.45) is 5.73 Å². The summed E-state index contributed by atoms with van der Waals surface area (Å²) in [6.45, 7) is 1.71. The average Bonchev–Trinajstić information content (AvgIpc) is 2.83. The monoisotopic (exact) mass is 252 g/mol. The molecule has 3 N–H and O–H groups in total. The van der Waals surface area contributed by atoms with Crippen molar-refractivity contribution in [2.45, 2.75) is 12.0 Å². The number of nitrogens with two attached hydrogens (primary N) is 1. The maximum Gasteiger partial charge on any atom is 0.203 e. The standard InChI is InChI=1S/C13H20N2O3/c1-16-11-4-8(9-6-15-7-10(9)14)5-12(17-2)13(11)18-3/h4-5,9-10,15H,6-7,14H2,1-3H3. The molecule has 0 aliphatic carbocycles. The third-order valence-corrected chi connectivity index (χ3v) is 3.38. The Morgan fingerprint density at radius 1 is 1.06 bits per heavy atom. The Kier molecular flexibility index (Phi) is 3.93. The summed E-state index contributed by atoms with van der Waals surface area (Å²) in [5.41, 5.74) is 7.20. The fourth-order valence-electron chi connectivity index (χ4n) is 2.38. The van der Waals surface area contributed by atoms with Crippen LogP contribution in [0.25, 0.3) is 0 Å². The molecule has 0 amide bonds. The van der Waals surface area contributed by atoms with Crippen molar-refractivity contribution in [1.82, 2.24) is 5.32 Å². The quantitative estimate of drug-likeness (QED) is 0.827. The van der Waals surface area contributed by atoms with E-state index in [-0.39, 0.29) is 12.0 Å². The third kappa shape index (κ3) is 2.23. The predicted octanol–water partition coefficient (Wildman–Crippen LogP) is 0.727. The van der Waals surface area contributed by atoms with Gasteiger partial charge in [0.1, 0.15) is 0 Å². The van der Waals surface area contributed by atoms with Gasteiger partial charge in [0.25, 0.3) is 0 Å². The summed E-state index contributed by atoms with van der Waals surface area (Å²) in [6.07, 6.45) is 0. The van der Waals surface area contributed by atoms with Crippen LogP contribution in [0.3, 0.4) is 0 Å². The maximum absolute atomic E-state index is 6.09. The number of rotatable bonds is 4. The molecule has 100 valence electrons. The minimum Gasteiger partial charge on any atom is -0.493 e. The summed E-state index contributed by atoms with van der Waals surface area (Å²) < 4.78 is 16.0. The van der Waals surface area contributed by atoms with Crippen molar-refractivity contribution in [2.75, 3.05) is 34.4 Å². The largest absolute Gasteiger partial charge is 0.493 e. The van der Waals surface area contributed by atoms with Crippen LogP contribution in [0.4, 0.5) is 0 Å². The zero-order valence-electron chi connectivity index (χ0n) is 11.0. The third-order valence-electron chi connectivity index (χ3n) is 3.38. The fourth-order valence-corrected chi connectivity index (χ4v) is 2.38.